The van der Waals surface area contributed by atoms with Crippen LogP contribution in [0.5, 0.6) is 0 Å². The minimum atomic E-state index is -1.05. The fourth-order valence-electron chi connectivity index (χ4n) is 10.4. The smallest absolute Gasteiger partial charge is 0.309 e. The Hall–Kier alpha value is -2.16. The van der Waals surface area contributed by atoms with Crippen LogP contribution in [-0.4, -0.2) is 112 Å². The fraction of sp³-hybridized carbons (Fsp3) is 0.900. The van der Waals surface area contributed by atoms with Crippen molar-refractivity contribution in [1.29, 1.82) is 0 Å². The molecule has 3 saturated heterocycles. The summed E-state index contributed by atoms with van der Waals surface area (Å²) in [6, 6.07) is 0. The number of ether oxygens (including phenoxy) is 3. The van der Waals surface area contributed by atoms with Crippen molar-refractivity contribution in [3.05, 3.63) is 0 Å². The van der Waals surface area contributed by atoms with Gasteiger partial charge in [0.2, 0.25) is 0 Å². The highest BCUT2D eigenvalue weighted by molar-refractivity contribution is 5.85. The molecule has 3 fully saturated rings. The van der Waals surface area contributed by atoms with Gasteiger partial charge in [0.1, 0.15) is 24.1 Å². The minimum absolute atomic E-state index is 0.0984. The van der Waals surface area contributed by atoms with Crippen molar-refractivity contribution in [3.8, 4) is 0 Å². The first-order valence-corrected chi connectivity index (χ1v) is 19.2. The maximum absolute atomic E-state index is 14.2. The third-order valence-corrected chi connectivity index (χ3v) is 11.3. The van der Waals surface area contributed by atoms with E-state index in [0.29, 0.717) is 38.5 Å². The quantitative estimate of drug-likeness (QED) is 0.144. The fourth-order valence-corrected chi connectivity index (χ4v) is 10.4. The van der Waals surface area contributed by atoms with E-state index >= 15 is 0 Å². The largest absolute Gasteiger partial charge is 0.462 e. The summed E-state index contributed by atoms with van der Waals surface area (Å²) in [6.07, 6.45) is 1.23. The molecule has 13 heteroatoms. The van der Waals surface area contributed by atoms with Gasteiger partial charge in [-0.1, -0.05) is 0 Å². The van der Waals surface area contributed by atoms with Crippen molar-refractivity contribution in [1.82, 2.24) is 15.2 Å². The molecule has 0 spiro atoms. The number of piperidine rings is 3. The normalized spacial score (nSPS) is 26.0. The summed E-state index contributed by atoms with van der Waals surface area (Å²) in [5.74, 6) is -3.96. The van der Waals surface area contributed by atoms with Crippen molar-refractivity contribution in [3.63, 3.8) is 0 Å². The second-order valence-corrected chi connectivity index (χ2v) is 19.5. The van der Waals surface area contributed by atoms with Crippen molar-refractivity contribution in [2.24, 2.45) is 11.8 Å². The number of hydrogen-bond donors (Lipinski definition) is 0. The van der Waals surface area contributed by atoms with Gasteiger partial charge in [-0.2, -0.15) is 15.2 Å². The third kappa shape index (κ3) is 11.0. The summed E-state index contributed by atoms with van der Waals surface area (Å²) in [5, 5.41) is 5.79. The summed E-state index contributed by atoms with van der Waals surface area (Å²) < 4.78 is 18.4. The summed E-state index contributed by atoms with van der Waals surface area (Å²) in [7, 11) is 4.91. The maximum atomic E-state index is 14.2. The summed E-state index contributed by atoms with van der Waals surface area (Å²) in [6.45, 7) is 25.8. The predicted molar refractivity (Wildman–Crippen MR) is 200 cm³/mol. The van der Waals surface area contributed by atoms with Gasteiger partial charge in [-0.25, -0.2) is 0 Å². The molecule has 306 valence electrons. The Kier molecular flexibility index (Phi) is 14.1. The lowest BCUT2D eigenvalue weighted by Gasteiger charge is -2.53. The third-order valence-electron chi connectivity index (χ3n) is 11.3. The molecule has 13 nitrogen and oxygen atoms in total. The van der Waals surface area contributed by atoms with Gasteiger partial charge in [0.15, 0.2) is 0 Å². The van der Waals surface area contributed by atoms with Crippen LogP contribution in [-0.2, 0) is 47.9 Å². The highest BCUT2D eigenvalue weighted by Crippen LogP contribution is 2.43. The van der Waals surface area contributed by atoms with E-state index in [0.717, 1.165) is 0 Å². The lowest BCUT2D eigenvalue weighted by atomic mass is 9.80. The number of hydrogen-bond acceptors (Lipinski definition) is 13. The average molecular weight is 754 g/mol. The first kappa shape index (κ1) is 45.2. The number of rotatable bonds is 14. The molecule has 3 aliphatic heterocycles. The molecule has 0 aromatic carbocycles. The van der Waals surface area contributed by atoms with E-state index in [1.165, 1.54) is 6.92 Å². The number of Topliss-reactive ketones (excluding diaryl/α,β-unsaturated/α-hetero) is 1. The number of esters is 3. The molecule has 0 aromatic rings. The lowest BCUT2D eigenvalue weighted by molar-refractivity contribution is -0.279. The van der Waals surface area contributed by atoms with E-state index in [1.807, 2.05) is 98.3 Å². The highest BCUT2D eigenvalue weighted by atomic mass is 16.7. The van der Waals surface area contributed by atoms with E-state index < -0.39 is 81.3 Å². The molecule has 0 aliphatic carbocycles. The Balaban J connectivity index is 1.88. The predicted octanol–water partition coefficient (Wildman–Crippen LogP) is 6.36. The summed E-state index contributed by atoms with van der Waals surface area (Å²) in [4.78, 5) is 71.7. The van der Waals surface area contributed by atoms with Gasteiger partial charge in [-0.05, 0) is 96.4 Å². The molecule has 0 radical (unpaired) electrons. The Labute approximate surface area is 318 Å². The van der Waals surface area contributed by atoms with Crippen LogP contribution in [0, 0.1) is 11.8 Å². The van der Waals surface area contributed by atoms with E-state index in [9.17, 15) is 19.2 Å². The van der Waals surface area contributed by atoms with Gasteiger partial charge < -0.3 is 33.5 Å². The van der Waals surface area contributed by atoms with Crippen molar-refractivity contribution in [2.75, 3.05) is 21.3 Å². The highest BCUT2D eigenvalue weighted by Gasteiger charge is 2.51. The lowest BCUT2D eigenvalue weighted by Crippen LogP contribution is -2.61. The molecule has 3 aliphatic rings. The number of carbonyl (C=O) groups excluding carboxylic acids is 4. The zero-order valence-electron chi connectivity index (χ0n) is 35.7. The topological polar surface area (TPSA) is 133 Å². The Bertz CT molecular complexity index is 1270. The molecule has 0 saturated carbocycles. The van der Waals surface area contributed by atoms with Gasteiger partial charge in [-0.15, -0.1) is 0 Å². The van der Waals surface area contributed by atoms with Crippen LogP contribution in [0.1, 0.15) is 148 Å². The van der Waals surface area contributed by atoms with Crippen molar-refractivity contribution in [2.45, 2.75) is 199 Å². The molecule has 2 unspecified atom stereocenters. The monoisotopic (exact) mass is 754 g/mol. The van der Waals surface area contributed by atoms with Crippen LogP contribution in [0.4, 0.5) is 0 Å². The molecular weight excluding hydrogens is 682 g/mol. The van der Waals surface area contributed by atoms with Gasteiger partial charge in [0.25, 0.3) is 0 Å². The van der Waals surface area contributed by atoms with E-state index in [2.05, 4.69) is 0 Å². The molecule has 0 aromatic heterocycles. The number of nitrogens with zero attached hydrogens (tertiary/aromatic N) is 3. The second kappa shape index (κ2) is 16.5. The summed E-state index contributed by atoms with van der Waals surface area (Å²) >= 11 is 0. The maximum Gasteiger partial charge on any atom is 0.309 e. The SMILES string of the molecule is CON1C(C)(C)CC(OC(=O)CC(CC(CC(C)=O)C(=O)OC2CC(C)(C)N(OC)C(C)(C)C2)C(=O)OC2CC(C)(C)N(OC)C(C)(C)C2)CC1(C)C. The zero-order chi connectivity index (χ0) is 40.5. The second-order valence-electron chi connectivity index (χ2n) is 19.5. The van der Waals surface area contributed by atoms with E-state index in [4.69, 9.17) is 28.7 Å². The van der Waals surface area contributed by atoms with Gasteiger partial charge in [0, 0.05) is 78.2 Å². The standard InChI is InChI=1S/C40H71N3O10/c1-26(44)17-27(33(46)52-30-22-37(6,7)42(49-15)38(8,9)23-30)18-28(34(47)53-31-24-39(10,11)43(50-16)40(12,13)25-31)19-32(45)51-29-20-35(2,3)41(48-14)36(4,5)21-29/h27-31H,17-25H2,1-16H3. The molecule has 0 N–H and O–H groups in total. The van der Waals surface area contributed by atoms with Gasteiger partial charge in [-0.3, -0.25) is 14.4 Å². The van der Waals surface area contributed by atoms with E-state index in [-0.39, 0.29) is 25.0 Å². The molecular formula is C40H71N3O10. The van der Waals surface area contributed by atoms with Crippen LogP contribution in [0.2, 0.25) is 0 Å². The van der Waals surface area contributed by atoms with Crippen LogP contribution >= 0.6 is 0 Å². The van der Waals surface area contributed by atoms with Crippen LogP contribution in [0.25, 0.3) is 0 Å². The van der Waals surface area contributed by atoms with Crippen LogP contribution in [0.15, 0.2) is 0 Å². The van der Waals surface area contributed by atoms with E-state index in [1.54, 1.807) is 21.3 Å². The Morgan fingerprint density at radius 3 is 1.02 bits per heavy atom. The van der Waals surface area contributed by atoms with Crippen molar-refractivity contribution >= 4 is 23.7 Å². The van der Waals surface area contributed by atoms with Gasteiger partial charge >= 0.3 is 17.9 Å². The molecule has 0 bridgehead atoms. The number of carbonyl (C=O) groups is 4. The Morgan fingerprint density at radius 1 is 0.491 bits per heavy atom. The zero-order valence-corrected chi connectivity index (χ0v) is 35.7. The first-order chi connectivity index (χ1) is 24.1. The van der Waals surface area contributed by atoms with Crippen molar-refractivity contribution < 1.29 is 47.9 Å². The molecule has 0 amide bonds. The number of hydroxylamine groups is 6. The molecule has 2 atom stereocenters. The molecule has 3 heterocycles. The molecule has 3 rings (SSSR count). The van der Waals surface area contributed by atoms with Gasteiger partial charge in [0.05, 0.1) is 39.6 Å². The Morgan fingerprint density at radius 2 is 0.755 bits per heavy atom. The average Bonchev–Trinajstić information content (AvgIpc) is 2.92. The molecule has 53 heavy (non-hydrogen) atoms. The minimum Gasteiger partial charge on any atom is -0.462 e. The van der Waals surface area contributed by atoms with Crippen LogP contribution < -0.4 is 0 Å². The first-order valence-electron chi connectivity index (χ1n) is 19.2. The van der Waals surface area contributed by atoms with Crippen LogP contribution in [0.3, 0.4) is 0 Å². The number of ketones is 1. The summed E-state index contributed by atoms with van der Waals surface area (Å²) in [5.41, 5.74) is -2.61.